The molecule has 0 saturated carbocycles. The van der Waals surface area contributed by atoms with Gasteiger partial charge in [0.1, 0.15) is 0 Å². The van der Waals surface area contributed by atoms with E-state index in [-0.39, 0.29) is 0 Å². The number of halogens is 2. The van der Waals surface area contributed by atoms with E-state index >= 15 is 0 Å². The molecule has 1 heterocycles. The van der Waals surface area contributed by atoms with Crippen molar-refractivity contribution in [3.63, 3.8) is 0 Å². The Balaban J connectivity index is 2.08. The van der Waals surface area contributed by atoms with Crippen molar-refractivity contribution in [3.8, 4) is 0 Å². The number of aromatic nitrogens is 2. The highest BCUT2D eigenvalue weighted by Crippen LogP contribution is 2.32. The molecule has 0 N–H and O–H groups in total. The van der Waals surface area contributed by atoms with Gasteiger partial charge in [0.25, 0.3) is 0 Å². The van der Waals surface area contributed by atoms with Crippen molar-refractivity contribution in [2.24, 2.45) is 0 Å². The second-order valence-electron chi connectivity index (χ2n) is 3.77. The third kappa shape index (κ3) is 3.51. The van der Waals surface area contributed by atoms with Gasteiger partial charge in [-0.3, -0.25) is 4.68 Å². The summed E-state index contributed by atoms with van der Waals surface area (Å²) in [6.07, 6.45) is 9.38. The molecule has 1 aliphatic rings. The van der Waals surface area contributed by atoms with Gasteiger partial charge in [0, 0.05) is 32.3 Å². The molecule has 0 aliphatic heterocycles. The van der Waals surface area contributed by atoms with E-state index in [0.29, 0.717) is 5.25 Å². The van der Waals surface area contributed by atoms with E-state index in [0.717, 1.165) is 22.4 Å². The van der Waals surface area contributed by atoms with Crippen molar-refractivity contribution in [2.45, 2.75) is 34.5 Å². The lowest BCUT2D eigenvalue weighted by atomic mass is 10.2. The summed E-state index contributed by atoms with van der Waals surface area (Å²) in [4.78, 5) is 1.29. The molecule has 0 aromatic carbocycles. The van der Waals surface area contributed by atoms with Crippen LogP contribution in [0.3, 0.4) is 0 Å². The van der Waals surface area contributed by atoms with Crippen LogP contribution in [0.4, 0.5) is 0 Å². The van der Waals surface area contributed by atoms with Gasteiger partial charge in [0.05, 0.1) is 5.69 Å². The van der Waals surface area contributed by atoms with Gasteiger partial charge in [-0.05, 0) is 19.4 Å². The zero-order valence-electron chi connectivity index (χ0n) is 9.57. The maximum Gasteiger partial charge on any atom is 0.0857 e. The van der Waals surface area contributed by atoms with Crippen LogP contribution in [-0.4, -0.2) is 15.0 Å². The van der Waals surface area contributed by atoms with Crippen LogP contribution in [0.1, 0.15) is 19.0 Å². The number of hydrogen-bond donors (Lipinski definition) is 0. The second kappa shape index (κ2) is 6.29. The largest absolute Gasteiger partial charge is 0.272 e. The van der Waals surface area contributed by atoms with Crippen LogP contribution in [0.15, 0.2) is 34.4 Å². The first-order chi connectivity index (χ1) is 8.22. The van der Waals surface area contributed by atoms with Gasteiger partial charge in [0.15, 0.2) is 0 Å². The first-order valence-corrected chi connectivity index (χ1v) is 8.34. The Morgan fingerprint density at radius 2 is 2.47 bits per heavy atom. The van der Waals surface area contributed by atoms with Crippen molar-refractivity contribution in [3.05, 3.63) is 35.2 Å². The molecule has 92 valence electrons. The Morgan fingerprint density at radius 3 is 3.06 bits per heavy atom. The SMILES string of the molecule is CCn1cc(SC2C=CC(Cl)=CC2)c(CI)n1. The Bertz CT molecular complexity index is 453. The van der Waals surface area contributed by atoms with Crippen LogP contribution in [-0.2, 0) is 11.0 Å². The van der Waals surface area contributed by atoms with Crippen molar-refractivity contribution < 1.29 is 0 Å². The fraction of sp³-hybridized carbons (Fsp3) is 0.417. The van der Waals surface area contributed by atoms with Crippen LogP contribution in [0.2, 0.25) is 0 Å². The Kier molecular flexibility index (Phi) is 4.99. The molecular weight excluding hydrogens is 367 g/mol. The predicted octanol–water partition coefficient (Wildman–Crippen LogP) is 4.38. The van der Waals surface area contributed by atoms with Crippen LogP contribution in [0, 0.1) is 0 Å². The van der Waals surface area contributed by atoms with E-state index in [1.54, 1.807) is 0 Å². The monoisotopic (exact) mass is 380 g/mol. The van der Waals surface area contributed by atoms with Crippen molar-refractivity contribution in [1.82, 2.24) is 9.78 Å². The lowest BCUT2D eigenvalue weighted by molar-refractivity contribution is 0.652. The van der Waals surface area contributed by atoms with E-state index in [1.807, 2.05) is 22.5 Å². The number of nitrogens with zero attached hydrogens (tertiary/aromatic N) is 2. The summed E-state index contributed by atoms with van der Waals surface area (Å²) in [7, 11) is 0. The lowest BCUT2D eigenvalue weighted by Crippen LogP contribution is -2.00. The van der Waals surface area contributed by atoms with Crippen molar-refractivity contribution >= 4 is 46.0 Å². The van der Waals surface area contributed by atoms with Gasteiger partial charge in [-0.2, -0.15) is 5.10 Å². The highest BCUT2D eigenvalue weighted by molar-refractivity contribution is 14.1. The molecule has 1 aromatic heterocycles. The number of thioether (sulfide) groups is 1. The topological polar surface area (TPSA) is 17.8 Å². The fourth-order valence-corrected chi connectivity index (χ4v) is 3.71. The number of allylic oxidation sites excluding steroid dienone is 3. The molecule has 17 heavy (non-hydrogen) atoms. The number of hydrogen-bond acceptors (Lipinski definition) is 2. The van der Waals surface area contributed by atoms with Gasteiger partial charge in [-0.25, -0.2) is 0 Å². The Morgan fingerprint density at radius 1 is 1.65 bits per heavy atom. The van der Waals surface area contributed by atoms with E-state index in [1.165, 1.54) is 10.6 Å². The van der Waals surface area contributed by atoms with Gasteiger partial charge >= 0.3 is 0 Å². The molecule has 0 fully saturated rings. The van der Waals surface area contributed by atoms with E-state index in [9.17, 15) is 0 Å². The minimum absolute atomic E-state index is 0.480. The summed E-state index contributed by atoms with van der Waals surface area (Å²) < 4.78 is 2.96. The summed E-state index contributed by atoms with van der Waals surface area (Å²) in [5.41, 5.74) is 1.19. The molecular formula is C12H14ClIN2S. The second-order valence-corrected chi connectivity index (χ2v) is 6.25. The zero-order valence-corrected chi connectivity index (χ0v) is 13.3. The maximum absolute atomic E-state index is 5.92. The number of rotatable bonds is 4. The quantitative estimate of drug-likeness (QED) is 0.570. The van der Waals surface area contributed by atoms with E-state index < -0.39 is 0 Å². The average molecular weight is 381 g/mol. The Hall–Kier alpha value is 0.0600. The smallest absolute Gasteiger partial charge is 0.0857 e. The highest BCUT2D eigenvalue weighted by atomic mass is 127. The highest BCUT2D eigenvalue weighted by Gasteiger charge is 2.14. The first-order valence-electron chi connectivity index (χ1n) is 5.55. The molecule has 0 radical (unpaired) electrons. The molecule has 0 saturated heterocycles. The van der Waals surface area contributed by atoms with E-state index in [2.05, 4.69) is 53.0 Å². The molecule has 1 aromatic rings. The van der Waals surface area contributed by atoms with Crippen LogP contribution in [0.5, 0.6) is 0 Å². The standard InChI is InChI=1S/C12H14ClIN2S/c1-2-16-8-12(11(7-14)15-16)17-10-5-3-9(13)4-6-10/h3-5,8,10H,2,6-7H2,1H3. The molecule has 0 amide bonds. The summed E-state index contributed by atoms with van der Waals surface area (Å²) in [5, 5.41) is 5.88. The van der Waals surface area contributed by atoms with Crippen molar-refractivity contribution in [2.75, 3.05) is 0 Å². The van der Waals surface area contributed by atoms with E-state index in [4.69, 9.17) is 11.6 Å². The molecule has 1 atom stereocenters. The predicted molar refractivity (Wildman–Crippen MR) is 83.0 cm³/mol. The molecule has 1 unspecified atom stereocenters. The fourth-order valence-electron chi connectivity index (χ4n) is 1.62. The molecule has 2 nitrogen and oxygen atoms in total. The molecule has 0 spiro atoms. The minimum atomic E-state index is 0.480. The van der Waals surface area contributed by atoms with Gasteiger partial charge in [-0.15, -0.1) is 11.8 Å². The summed E-state index contributed by atoms with van der Waals surface area (Å²) in [6.45, 7) is 3.04. The normalized spacial score (nSPS) is 19.5. The summed E-state index contributed by atoms with van der Waals surface area (Å²) in [6, 6.07) is 0. The third-order valence-corrected chi connectivity index (χ3v) is 4.79. The van der Waals surface area contributed by atoms with Crippen molar-refractivity contribution in [1.29, 1.82) is 0 Å². The average Bonchev–Trinajstić information content (AvgIpc) is 2.74. The summed E-state index contributed by atoms with van der Waals surface area (Å²) in [5.74, 6) is 0. The molecule has 0 bridgehead atoms. The lowest BCUT2D eigenvalue weighted by Gasteiger charge is -2.12. The van der Waals surface area contributed by atoms with Crippen LogP contribution < -0.4 is 0 Å². The van der Waals surface area contributed by atoms with Crippen LogP contribution in [0.25, 0.3) is 0 Å². The molecule has 1 aliphatic carbocycles. The maximum atomic E-state index is 5.92. The number of alkyl halides is 1. The van der Waals surface area contributed by atoms with Gasteiger partial charge < -0.3 is 0 Å². The van der Waals surface area contributed by atoms with Crippen LogP contribution >= 0.6 is 46.0 Å². The Labute approximate surface area is 125 Å². The number of aryl methyl sites for hydroxylation is 1. The van der Waals surface area contributed by atoms with Gasteiger partial charge in [-0.1, -0.05) is 46.3 Å². The molecule has 5 heteroatoms. The summed E-state index contributed by atoms with van der Waals surface area (Å²) >= 11 is 10.2. The third-order valence-electron chi connectivity index (χ3n) is 2.54. The zero-order chi connectivity index (χ0) is 12.3. The molecule has 2 rings (SSSR count). The minimum Gasteiger partial charge on any atom is -0.272 e. The first kappa shape index (κ1) is 13.5. The van der Waals surface area contributed by atoms with Gasteiger partial charge in [0.2, 0.25) is 0 Å².